The minimum atomic E-state index is 0.0322. The van der Waals surface area contributed by atoms with Gasteiger partial charge in [0.25, 0.3) is 0 Å². The largest absolute Gasteiger partial charge is 0.283 e. The van der Waals surface area contributed by atoms with Crippen LogP contribution in [0.3, 0.4) is 0 Å². The SMILES string of the molecule is CCCCCCCCN1C(=O)CCCC1=O. The van der Waals surface area contributed by atoms with Gasteiger partial charge in [-0.05, 0) is 12.8 Å². The smallest absolute Gasteiger partial charge is 0.229 e. The Morgan fingerprint density at radius 1 is 0.938 bits per heavy atom. The molecule has 3 nitrogen and oxygen atoms in total. The lowest BCUT2D eigenvalue weighted by atomic mass is 10.1. The standard InChI is InChI=1S/C13H23NO2/c1-2-3-4-5-6-7-11-14-12(15)9-8-10-13(14)16/h2-11H2,1H3. The zero-order valence-electron chi connectivity index (χ0n) is 10.3. The number of nitrogens with zero attached hydrogens (tertiary/aromatic N) is 1. The van der Waals surface area contributed by atoms with Crippen molar-refractivity contribution in [2.24, 2.45) is 0 Å². The summed E-state index contributed by atoms with van der Waals surface area (Å²) in [7, 11) is 0. The monoisotopic (exact) mass is 225 g/mol. The summed E-state index contributed by atoms with van der Waals surface area (Å²) in [6, 6.07) is 0. The summed E-state index contributed by atoms with van der Waals surface area (Å²) in [6.45, 7) is 2.84. The van der Waals surface area contributed by atoms with E-state index in [1.807, 2.05) is 0 Å². The zero-order valence-corrected chi connectivity index (χ0v) is 10.3. The van der Waals surface area contributed by atoms with Crippen molar-refractivity contribution in [3.05, 3.63) is 0 Å². The normalized spacial score (nSPS) is 16.9. The van der Waals surface area contributed by atoms with E-state index in [1.165, 1.54) is 30.6 Å². The maximum Gasteiger partial charge on any atom is 0.229 e. The van der Waals surface area contributed by atoms with E-state index in [4.69, 9.17) is 0 Å². The minimum Gasteiger partial charge on any atom is -0.283 e. The van der Waals surface area contributed by atoms with E-state index >= 15 is 0 Å². The van der Waals surface area contributed by atoms with Crippen LogP contribution in [-0.4, -0.2) is 23.3 Å². The Morgan fingerprint density at radius 3 is 2.12 bits per heavy atom. The molecule has 0 spiro atoms. The second-order valence-electron chi connectivity index (χ2n) is 4.56. The molecule has 1 rings (SSSR count). The Bertz CT molecular complexity index is 222. The third-order valence-electron chi connectivity index (χ3n) is 3.12. The topological polar surface area (TPSA) is 37.4 Å². The molecule has 0 radical (unpaired) electrons. The van der Waals surface area contributed by atoms with Gasteiger partial charge in [-0.2, -0.15) is 0 Å². The Morgan fingerprint density at radius 2 is 1.50 bits per heavy atom. The molecule has 0 bridgehead atoms. The molecule has 0 N–H and O–H groups in total. The summed E-state index contributed by atoms with van der Waals surface area (Å²) >= 11 is 0. The van der Waals surface area contributed by atoms with Gasteiger partial charge in [0.05, 0.1) is 0 Å². The molecule has 0 aromatic rings. The van der Waals surface area contributed by atoms with Gasteiger partial charge in [0.1, 0.15) is 0 Å². The average Bonchev–Trinajstić information content (AvgIpc) is 2.26. The van der Waals surface area contributed by atoms with Crippen LogP contribution in [0.1, 0.15) is 64.7 Å². The first-order chi connectivity index (χ1) is 7.75. The predicted octanol–water partition coefficient (Wildman–Crippen LogP) is 2.89. The highest BCUT2D eigenvalue weighted by atomic mass is 16.2. The Balaban J connectivity index is 2.11. The van der Waals surface area contributed by atoms with E-state index in [9.17, 15) is 9.59 Å². The van der Waals surface area contributed by atoms with Crippen LogP contribution >= 0.6 is 0 Å². The van der Waals surface area contributed by atoms with E-state index in [-0.39, 0.29) is 11.8 Å². The first-order valence-corrected chi connectivity index (χ1v) is 6.59. The van der Waals surface area contributed by atoms with Crippen molar-refractivity contribution in [3.8, 4) is 0 Å². The molecular weight excluding hydrogens is 202 g/mol. The molecular formula is C13H23NO2. The molecule has 92 valence electrons. The van der Waals surface area contributed by atoms with Crippen LogP contribution in [0.2, 0.25) is 0 Å². The van der Waals surface area contributed by atoms with Crippen LogP contribution in [0.15, 0.2) is 0 Å². The van der Waals surface area contributed by atoms with Gasteiger partial charge < -0.3 is 0 Å². The Kier molecular flexibility index (Phi) is 6.12. The van der Waals surface area contributed by atoms with Crippen LogP contribution in [0.25, 0.3) is 0 Å². The van der Waals surface area contributed by atoms with E-state index in [2.05, 4.69) is 6.92 Å². The number of hydrogen-bond donors (Lipinski definition) is 0. The fourth-order valence-corrected chi connectivity index (χ4v) is 2.10. The van der Waals surface area contributed by atoms with Crippen molar-refractivity contribution in [3.63, 3.8) is 0 Å². The number of amides is 2. The van der Waals surface area contributed by atoms with Gasteiger partial charge in [-0.1, -0.05) is 39.0 Å². The van der Waals surface area contributed by atoms with E-state index in [0.29, 0.717) is 19.4 Å². The van der Waals surface area contributed by atoms with Gasteiger partial charge in [-0.3, -0.25) is 14.5 Å². The molecule has 0 aromatic carbocycles. The fraction of sp³-hybridized carbons (Fsp3) is 0.846. The van der Waals surface area contributed by atoms with Gasteiger partial charge in [0.15, 0.2) is 0 Å². The summed E-state index contributed by atoms with van der Waals surface area (Å²) in [5, 5.41) is 0. The van der Waals surface area contributed by atoms with E-state index in [1.54, 1.807) is 0 Å². The molecule has 0 unspecified atom stereocenters. The number of imide groups is 1. The summed E-state index contributed by atoms with van der Waals surface area (Å²) in [5.74, 6) is 0.0645. The molecule has 1 fully saturated rings. The maximum atomic E-state index is 11.5. The molecule has 3 heteroatoms. The first kappa shape index (κ1) is 13.2. The first-order valence-electron chi connectivity index (χ1n) is 6.59. The number of piperidine rings is 1. The van der Waals surface area contributed by atoms with Gasteiger partial charge in [0, 0.05) is 19.4 Å². The number of carbonyl (C=O) groups excluding carboxylic acids is 2. The van der Waals surface area contributed by atoms with Crippen LogP contribution in [-0.2, 0) is 9.59 Å². The Hall–Kier alpha value is -0.860. The predicted molar refractivity (Wildman–Crippen MR) is 63.9 cm³/mol. The van der Waals surface area contributed by atoms with E-state index < -0.39 is 0 Å². The summed E-state index contributed by atoms with van der Waals surface area (Å²) in [6.07, 6.45) is 9.01. The van der Waals surface area contributed by atoms with Gasteiger partial charge in [-0.25, -0.2) is 0 Å². The highest BCUT2D eigenvalue weighted by Gasteiger charge is 2.24. The minimum absolute atomic E-state index is 0.0322. The average molecular weight is 225 g/mol. The molecule has 0 aromatic heterocycles. The number of likely N-dealkylation sites (tertiary alicyclic amines) is 1. The summed E-state index contributed by atoms with van der Waals surface area (Å²) < 4.78 is 0. The third-order valence-corrected chi connectivity index (χ3v) is 3.12. The number of rotatable bonds is 7. The van der Waals surface area contributed by atoms with Crippen LogP contribution < -0.4 is 0 Å². The quantitative estimate of drug-likeness (QED) is 0.493. The highest BCUT2D eigenvalue weighted by molar-refractivity contribution is 5.97. The van der Waals surface area contributed by atoms with Gasteiger partial charge >= 0.3 is 0 Å². The lowest BCUT2D eigenvalue weighted by molar-refractivity contribution is -0.147. The zero-order chi connectivity index (χ0) is 11.8. The maximum absolute atomic E-state index is 11.5. The molecule has 1 aliphatic rings. The summed E-state index contributed by atoms with van der Waals surface area (Å²) in [4.78, 5) is 24.4. The van der Waals surface area contributed by atoms with Crippen molar-refractivity contribution in [2.45, 2.75) is 64.7 Å². The molecule has 16 heavy (non-hydrogen) atoms. The number of carbonyl (C=O) groups is 2. The lowest BCUT2D eigenvalue weighted by Gasteiger charge is -2.24. The Labute approximate surface area is 98.2 Å². The van der Waals surface area contributed by atoms with Crippen molar-refractivity contribution in [1.82, 2.24) is 4.90 Å². The van der Waals surface area contributed by atoms with Crippen molar-refractivity contribution in [2.75, 3.05) is 6.54 Å². The van der Waals surface area contributed by atoms with Gasteiger partial charge in [0.2, 0.25) is 11.8 Å². The van der Waals surface area contributed by atoms with Crippen LogP contribution in [0, 0.1) is 0 Å². The number of unbranched alkanes of at least 4 members (excludes halogenated alkanes) is 5. The molecule has 1 heterocycles. The molecule has 0 aliphatic carbocycles. The molecule has 1 aliphatic heterocycles. The fourth-order valence-electron chi connectivity index (χ4n) is 2.10. The van der Waals surface area contributed by atoms with Crippen LogP contribution in [0.4, 0.5) is 0 Å². The second kappa shape index (κ2) is 7.42. The highest BCUT2D eigenvalue weighted by Crippen LogP contribution is 2.13. The van der Waals surface area contributed by atoms with Crippen molar-refractivity contribution >= 4 is 11.8 Å². The lowest BCUT2D eigenvalue weighted by Crippen LogP contribution is -2.40. The second-order valence-corrected chi connectivity index (χ2v) is 4.56. The third kappa shape index (κ3) is 4.33. The van der Waals surface area contributed by atoms with Gasteiger partial charge in [-0.15, -0.1) is 0 Å². The van der Waals surface area contributed by atoms with Crippen molar-refractivity contribution < 1.29 is 9.59 Å². The molecule has 0 saturated carbocycles. The molecule has 0 atom stereocenters. The van der Waals surface area contributed by atoms with Crippen LogP contribution in [0.5, 0.6) is 0 Å². The van der Waals surface area contributed by atoms with E-state index in [0.717, 1.165) is 19.3 Å². The summed E-state index contributed by atoms with van der Waals surface area (Å²) in [5.41, 5.74) is 0. The molecule has 2 amide bonds. The van der Waals surface area contributed by atoms with Crippen molar-refractivity contribution in [1.29, 1.82) is 0 Å². The number of hydrogen-bond acceptors (Lipinski definition) is 2. The molecule has 1 saturated heterocycles.